The maximum atomic E-state index is 13.3. The molecule has 16 heavy (non-hydrogen) atoms. The summed E-state index contributed by atoms with van der Waals surface area (Å²) in [7, 11) is 0. The summed E-state index contributed by atoms with van der Waals surface area (Å²) in [5.74, 6) is -2.96. The average Bonchev–Trinajstić information content (AvgIpc) is 2.15. The van der Waals surface area contributed by atoms with Gasteiger partial charge in [-0.15, -0.1) is 0 Å². The predicted octanol–water partition coefficient (Wildman–Crippen LogP) is 3.80. The third kappa shape index (κ3) is 2.80. The molecular weight excluding hydrogens is 276 g/mol. The highest BCUT2D eigenvalue weighted by molar-refractivity contribution is 9.10. The van der Waals surface area contributed by atoms with Gasteiger partial charge in [-0.3, -0.25) is 0 Å². The fourth-order valence-electron chi connectivity index (χ4n) is 1.47. The van der Waals surface area contributed by atoms with Gasteiger partial charge >= 0.3 is 0 Å². The number of halogens is 3. The summed E-state index contributed by atoms with van der Waals surface area (Å²) in [4.78, 5) is 0. The van der Waals surface area contributed by atoms with Gasteiger partial charge in [-0.1, -0.05) is 48.8 Å². The van der Waals surface area contributed by atoms with Crippen molar-refractivity contribution >= 4 is 15.9 Å². The van der Waals surface area contributed by atoms with E-state index >= 15 is 0 Å². The molecule has 0 saturated carbocycles. The van der Waals surface area contributed by atoms with Crippen LogP contribution in [-0.2, 0) is 11.3 Å². The smallest absolute Gasteiger partial charge is 0.285 e. The van der Waals surface area contributed by atoms with Crippen molar-refractivity contribution in [3.63, 3.8) is 0 Å². The third-order valence-electron chi connectivity index (χ3n) is 2.46. The van der Waals surface area contributed by atoms with E-state index in [1.807, 2.05) is 20.8 Å². The molecule has 4 heteroatoms. The van der Waals surface area contributed by atoms with Crippen LogP contribution in [0.4, 0.5) is 8.78 Å². The second-order valence-corrected chi connectivity index (χ2v) is 5.71. The highest BCUT2D eigenvalue weighted by Crippen LogP contribution is 2.34. The molecule has 0 aromatic heterocycles. The summed E-state index contributed by atoms with van der Waals surface area (Å²) in [6.07, 6.45) is 0. The number of alkyl halides is 2. The molecule has 0 aliphatic rings. The van der Waals surface area contributed by atoms with Crippen LogP contribution in [0.25, 0.3) is 0 Å². The molecule has 0 aliphatic carbocycles. The second-order valence-electron chi connectivity index (χ2n) is 4.85. The zero-order valence-electron chi connectivity index (χ0n) is 9.65. The van der Waals surface area contributed by atoms with Crippen LogP contribution < -0.4 is 5.73 Å². The normalized spacial score (nSPS) is 12.9. The molecule has 0 fully saturated rings. The lowest BCUT2D eigenvalue weighted by Gasteiger charge is -2.23. The van der Waals surface area contributed by atoms with Crippen LogP contribution in [0.15, 0.2) is 22.7 Å². The Morgan fingerprint density at radius 1 is 1.25 bits per heavy atom. The van der Waals surface area contributed by atoms with Crippen LogP contribution in [-0.4, -0.2) is 6.54 Å². The molecule has 0 bridgehead atoms. The quantitative estimate of drug-likeness (QED) is 0.881. The van der Waals surface area contributed by atoms with Gasteiger partial charge in [0.1, 0.15) is 0 Å². The van der Waals surface area contributed by atoms with Crippen molar-refractivity contribution in [3.05, 3.63) is 33.8 Å². The van der Waals surface area contributed by atoms with E-state index in [2.05, 4.69) is 15.9 Å². The van der Waals surface area contributed by atoms with E-state index in [4.69, 9.17) is 5.73 Å². The second kappa shape index (κ2) is 4.41. The minimum atomic E-state index is -2.96. The lowest BCUT2D eigenvalue weighted by atomic mass is 9.86. The number of nitrogens with two attached hydrogens (primary N) is 1. The molecule has 0 spiro atoms. The number of hydrogen-bond acceptors (Lipinski definition) is 1. The van der Waals surface area contributed by atoms with E-state index in [9.17, 15) is 8.78 Å². The van der Waals surface area contributed by atoms with Gasteiger partial charge in [0.15, 0.2) is 0 Å². The molecule has 1 aromatic carbocycles. The minimum absolute atomic E-state index is 0.0464. The zero-order valence-corrected chi connectivity index (χ0v) is 11.2. The average molecular weight is 292 g/mol. The van der Waals surface area contributed by atoms with Gasteiger partial charge in [-0.2, -0.15) is 8.78 Å². The molecular formula is C12H16BrF2N. The van der Waals surface area contributed by atoms with Gasteiger partial charge in [-0.25, -0.2) is 0 Å². The number of rotatable bonds is 2. The molecule has 1 aromatic rings. The summed E-state index contributed by atoms with van der Waals surface area (Å²) in [6.45, 7) is 5.43. The first-order valence-corrected chi connectivity index (χ1v) is 5.86. The van der Waals surface area contributed by atoms with Gasteiger partial charge in [0, 0.05) is 10.0 Å². The van der Waals surface area contributed by atoms with Gasteiger partial charge in [0.05, 0.1) is 6.54 Å². The molecule has 1 rings (SSSR count). The highest BCUT2D eigenvalue weighted by Gasteiger charge is 2.30. The standard InChI is InChI=1S/C12H16BrF2N/c1-11(2,3)9-5-4-8(6-10(9)13)12(14,15)7-16/h4-6H,7,16H2,1-3H3. The zero-order chi connectivity index (χ0) is 12.6. The first kappa shape index (κ1) is 13.6. The van der Waals surface area contributed by atoms with Crippen LogP contribution in [0.3, 0.4) is 0 Å². The summed E-state index contributed by atoms with van der Waals surface area (Å²) in [5, 5.41) is 0. The van der Waals surface area contributed by atoms with Crippen LogP contribution in [0.2, 0.25) is 0 Å². The first-order chi connectivity index (χ1) is 7.18. The highest BCUT2D eigenvalue weighted by atomic mass is 79.9. The van der Waals surface area contributed by atoms with E-state index in [0.717, 1.165) is 5.56 Å². The topological polar surface area (TPSA) is 26.0 Å². The van der Waals surface area contributed by atoms with Crippen LogP contribution in [0, 0.1) is 0 Å². The van der Waals surface area contributed by atoms with E-state index in [0.29, 0.717) is 4.47 Å². The third-order valence-corrected chi connectivity index (χ3v) is 3.11. The Labute approximate surface area is 103 Å². The van der Waals surface area contributed by atoms with Gasteiger partial charge in [0.25, 0.3) is 5.92 Å². The van der Waals surface area contributed by atoms with Crippen molar-refractivity contribution in [1.29, 1.82) is 0 Å². The van der Waals surface area contributed by atoms with Crippen LogP contribution in [0.5, 0.6) is 0 Å². The molecule has 1 nitrogen and oxygen atoms in total. The molecule has 0 saturated heterocycles. The lowest BCUT2D eigenvalue weighted by molar-refractivity contribution is 0.00586. The Balaban J connectivity index is 3.20. The van der Waals surface area contributed by atoms with Crippen LogP contribution in [0.1, 0.15) is 31.9 Å². The molecule has 0 amide bonds. The molecule has 0 heterocycles. The molecule has 0 aliphatic heterocycles. The molecule has 0 radical (unpaired) electrons. The van der Waals surface area contributed by atoms with Gasteiger partial charge in [0.2, 0.25) is 0 Å². The number of hydrogen-bond donors (Lipinski definition) is 1. The fraction of sp³-hybridized carbons (Fsp3) is 0.500. The number of benzene rings is 1. The molecule has 90 valence electrons. The van der Waals surface area contributed by atoms with Gasteiger partial charge < -0.3 is 5.73 Å². The Hall–Kier alpha value is -0.480. The molecule has 0 unspecified atom stereocenters. The Morgan fingerprint density at radius 2 is 1.81 bits per heavy atom. The van der Waals surface area contributed by atoms with E-state index in [-0.39, 0.29) is 11.0 Å². The van der Waals surface area contributed by atoms with E-state index in [1.165, 1.54) is 12.1 Å². The Kier molecular flexibility index (Phi) is 3.75. The maximum Gasteiger partial charge on any atom is 0.285 e. The maximum absolute atomic E-state index is 13.3. The van der Waals surface area contributed by atoms with Crippen molar-refractivity contribution in [2.45, 2.75) is 32.1 Å². The summed E-state index contributed by atoms with van der Waals surface area (Å²) < 4.78 is 27.4. The molecule has 2 N–H and O–H groups in total. The summed E-state index contributed by atoms with van der Waals surface area (Å²) in [5.41, 5.74) is 5.93. The largest absolute Gasteiger partial charge is 0.325 e. The Bertz CT molecular complexity index is 383. The van der Waals surface area contributed by atoms with Crippen molar-refractivity contribution in [2.24, 2.45) is 5.73 Å². The van der Waals surface area contributed by atoms with Crippen molar-refractivity contribution in [1.82, 2.24) is 0 Å². The van der Waals surface area contributed by atoms with E-state index in [1.54, 1.807) is 6.07 Å². The fourth-order valence-corrected chi connectivity index (χ4v) is 2.44. The van der Waals surface area contributed by atoms with Crippen molar-refractivity contribution < 1.29 is 8.78 Å². The van der Waals surface area contributed by atoms with Crippen LogP contribution >= 0.6 is 15.9 Å². The lowest BCUT2D eigenvalue weighted by Crippen LogP contribution is -2.25. The summed E-state index contributed by atoms with van der Waals surface area (Å²) >= 11 is 3.33. The Morgan fingerprint density at radius 3 is 2.19 bits per heavy atom. The minimum Gasteiger partial charge on any atom is -0.325 e. The van der Waals surface area contributed by atoms with Crippen molar-refractivity contribution in [3.8, 4) is 0 Å². The first-order valence-electron chi connectivity index (χ1n) is 5.07. The van der Waals surface area contributed by atoms with E-state index < -0.39 is 12.5 Å². The van der Waals surface area contributed by atoms with Gasteiger partial charge in [-0.05, 0) is 17.0 Å². The monoisotopic (exact) mass is 291 g/mol. The predicted molar refractivity (Wildman–Crippen MR) is 65.8 cm³/mol. The summed E-state index contributed by atoms with van der Waals surface area (Å²) in [6, 6.07) is 4.62. The molecule has 0 atom stereocenters. The van der Waals surface area contributed by atoms with Crippen molar-refractivity contribution in [2.75, 3.05) is 6.54 Å². The SMILES string of the molecule is CC(C)(C)c1ccc(C(F)(F)CN)cc1Br.